The Bertz CT molecular complexity index is 1520. The molecule has 1 saturated heterocycles. The quantitative estimate of drug-likeness (QED) is 0.335. The number of ether oxygens (including phenoxy) is 2. The van der Waals surface area contributed by atoms with Crippen LogP contribution in [0.3, 0.4) is 0 Å². The molecular formula is C35H39N3O5. The van der Waals surface area contributed by atoms with Crippen molar-refractivity contribution in [3.8, 4) is 5.75 Å². The summed E-state index contributed by atoms with van der Waals surface area (Å²) in [7, 11) is 1.67. The van der Waals surface area contributed by atoms with E-state index < -0.39 is 5.97 Å². The molecule has 1 fully saturated rings. The zero-order valence-corrected chi connectivity index (χ0v) is 25.3. The summed E-state index contributed by atoms with van der Waals surface area (Å²) in [6.45, 7) is 8.70. The van der Waals surface area contributed by atoms with Crippen molar-refractivity contribution in [2.24, 2.45) is 0 Å². The zero-order chi connectivity index (χ0) is 30.5. The van der Waals surface area contributed by atoms with E-state index >= 15 is 0 Å². The number of benzene rings is 3. The standard InChI is InChI=1S/C35H39N3O5/c1-5-43-35(41)33-25(3)38(32(39)22-29(33)27-15-13-24(2)14-16-27)23-26-9-8-10-28(21-26)34(40)37-19-17-36(18-20-37)30-11-6-7-12-31(30)42-4/h6-16,21,29H,5,17-20,22-23H2,1-4H3. The summed E-state index contributed by atoms with van der Waals surface area (Å²) in [5, 5.41) is 0. The second-order valence-corrected chi connectivity index (χ2v) is 11.0. The topological polar surface area (TPSA) is 79.4 Å². The highest BCUT2D eigenvalue weighted by atomic mass is 16.5. The van der Waals surface area contributed by atoms with Crippen molar-refractivity contribution < 1.29 is 23.9 Å². The van der Waals surface area contributed by atoms with E-state index in [0.717, 1.165) is 28.1 Å². The van der Waals surface area contributed by atoms with E-state index in [1.165, 1.54) is 0 Å². The third-order valence-corrected chi connectivity index (χ3v) is 8.31. The highest BCUT2D eigenvalue weighted by Crippen LogP contribution is 2.38. The van der Waals surface area contributed by atoms with Crippen LogP contribution in [0.15, 0.2) is 84.1 Å². The van der Waals surface area contributed by atoms with Gasteiger partial charge in [-0.2, -0.15) is 0 Å². The summed E-state index contributed by atoms with van der Waals surface area (Å²) < 4.78 is 11.0. The van der Waals surface area contributed by atoms with Crippen molar-refractivity contribution in [2.75, 3.05) is 44.8 Å². The van der Waals surface area contributed by atoms with Gasteiger partial charge in [-0.25, -0.2) is 4.79 Å². The number of carbonyl (C=O) groups excluding carboxylic acids is 3. The van der Waals surface area contributed by atoms with E-state index in [1.54, 1.807) is 25.9 Å². The fourth-order valence-corrected chi connectivity index (χ4v) is 5.97. The lowest BCUT2D eigenvalue weighted by Gasteiger charge is -2.36. The fraction of sp³-hybridized carbons (Fsp3) is 0.343. The largest absolute Gasteiger partial charge is 0.495 e. The zero-order valence-electron chi connectivity index (χ0n) is 25.3. The molecule has 1 atom stereocenters. The number of aryl methyl sites for hydroxylation is 1. The lowest BCUT2D eigenvalue weighted by Crippen LogP contribution is -2.48. The lowest BCUT2D eigenvalue weighted by molar-refractivity contribution is -0.140. The monoisotopic (exact) mass is 581 g/mol. The van der Waals surface area contributed by atoms with Crippen LogP contribution in [0.5, 0.6) is 5.75 Å². The predicted molar refractivity (Wildman–Crippen MR) is 166 cm³/mol. The fourth-order valence-electron chi connectivity index (χ4n) is 5.97. The number of nitrogens with zero attached hydrogens (tertiary/aromatic N) is 3. The molecule has 2 amide bonds. The van der Waals surface area contributed by atoms with Crippen LogP contribution in [-0.2, 0) is 20.9 Å². The number of para-hydroxylation sites is 2. The average Bonchev–Trinajstić information content (AvgIpc) is 3.03. The molecule has 43 heavy (non-hydrogen) atoms. The van der Waals surface area contributed by atoms with Gasteiger partial charge in [-0.1, -0.05) is 54.1 Å². The van der Waals surface area contributed by atoms with E-state index in [0.29, 0.717) is 43.0 Å². The van der Waals surface area contributed by atoms with Gasteiger partial charge in [-0.15, -0.1) is 0 Å². The Hall–Kier alpha value is -4.59. The lowest BCUT2D eigenvalue weighted by atomic mass is 9.83. The molecule has 0 N–H and O–H groups in total. The number of hydrogen-bond acceptors (Lipinski definition) is 6. The van der Waals surface area contributed by atoms with Crippen molar-refractivity contribution in [3.05, 3.63) is 106 Å². The van der Waals surface area contributed by atoms with E-state index in [-0.39, 0.29) is 37.3 Å². The smallest absolute Gasteiger partial charge is 0.336 e. The normalized spacial score (nSPS) is 17.3. The maximum atomic E-state index is 13.5. The van der Waals surface area contributed by atoms with Gasteiger partial charge in [0, 0.05) is 49.8 Å². The first-order valence-electron chi connectivity index (χ1n) is 14.8. The molecule has 8 nitrogen and oxygen atoms in total. The number of esters is 1. The Labute approximate surface area is 253 Å². The van der Waals surface area contributed by atoms with Crippen molar-refractivity contribution in [2.45, 2.75) is 39.7 Å². The van der Waals surface area contributed by atoms with Crippen LogP contribution >= 0.6 is 0 Å². The van der Waals surface area contributed by atoms with Crippen LogP contribution < -0.4 is 9.64 Å². The molecule has 0 aliphatic carbocycles. The maximum absolute atomic E-state index is 13.5. The van der Waals surface area contributed by atoms with Crippen molar-refractivity contribution in [3.63, 3.8) is 0 Å². The van der Waals surface area contributed by atoms with E-state index in [2.05, 4.69) is 4.90 Å². The minimum Gasteiger partial charge on any atom is -0.495 e. The number of carbonyl (C=O) groups is 3. The van der Waals surface area contributed by atoms with Crippen LogP contribution in [0.1, 0.15) is 53.2 Å². The van der Waals surface area contributed by atoms with Crippen LogP contribution in [0.4, 0.5) is 5.69 Å². The molecule has 0 spiro atoms. The minimum absolute atomic E-state index is 0.0367. The number of methoxy groups -OCH3 is 1. The van der Waals surface area contributed by atoms with Crippen molar-refractivity contribution in [1.29, 1.82) is 0 Å². The number of piperazine rings is 1. The molecule has 0 bridgehead atoms. The van der Waals surface area contributed by atoms with Gasteiger partial charge in [0.2, 0.25) is 5.91 Å². The molecule has 1 unspecified atom stereocenters. The average molecular weight is 582 g/mol. The molecule has 0 radical (unpaired) electrons. The third kappa shape index (κ3) is 6.43. The first-order chi connectivity index (χ1) is 20.8. The second kappa shape index (κ2) is 13.2. The molecule has 3 aromatic carbocycles. The highest BCUT2D eigenvalue weighted by molar-refractivity contribution is 5.96. The van der Waals surface area contributed by atoms with Gasteiger partial charge in [0.1, 0.15) is 5.75 Å². The van der Waals surface area contributed by atoms with E-state index in [9.17, 15) is 14.4 Å². The second-order valence-electron chi connectivity index (χ2n) is 11.0. The molecule has 0 saturated carbocycles. The molecule has 2 heterocycles. The van der Waals surface area contributed by atoms with Gasteiger partial charge in [0.15, 0.2) is 0 Å². The van der Waals surface area contributed by atoms with Crippen molar-refractivity contribution in [1.82, 2.24) is 9.80 Å². The SMILES string of the molecule is CCOC(=O)C1=C(C)N(Cc2cccc(C(=O)N3CCN(c4ccccc4OC)CC3)c2)C(=O)CC1c1ccc(C)cc1. The molecule has 224 valence electrons. The predicted octanol–water partition coefficient (Wildman–Crippen LogP) is 5.32. The van der Waals surface area contributed by atoms with Gasteiger partial charge in [-0.05, 0) is 56.2 Å². The van der Waals surface area contributed by atoms with E-state index in [1.807, 2.05) is 84.6 Å². The van der Waals surface area contributed by atoms with E-state index in [4.69, 9.17) is 9.47 Å². The number of allylic oxidation sites excluding steroid dienone is 1. The Morgan fingerprint density at radius 3 is 2.33 bits per heavy atom. The number of amides is 2. The minimum atomic E-state index is -0.403. The van der Waals surface area contributed by atoms with Gasteiger partial charge in [-0.3, -0.25) is 9.59 Å². The highest BCUT2D eigenvalue weighted by Gasteiger charge is 2.37. The van der Waals surface area contributed by atoms with Crippen LogP contribution in [0, 0.1) is 6.92 Å². The first-order valence-corrected chi connectivity index (χ1v) is 14.8. The van der Waals surface area contributed by atoms with Gasteiger partial charge < -0.3 is 24.2 Å². The summed E-state index contributed by atoms with van der Waals surface area (Å²) in [5.74, 6) is -0.0568. The van der Waals surface area contributed by atoms with Crippen LogP contribution in [0.2, 0.25) is 0 Å². The molecule has 5 rings (SSSR count). The Morgan fingerprint density at radius 1 is 0.907 bits per heavy atom. The van der Waals surface area contributed by atoms with Gasteiger partial charge in [0.25, 0.3) is 5.91 Å². The Kier molecular flexibility index (Phi) is 9.14. The summed E-state index contributed by atoms with van der Waals surface area (Å²) in [6.07, 6.45) is 0.170. The summed E-state index contributed by atoms with van der Waals surface area (Å²) in [4.78, 5) is 45.9. The maximum Gasteiger partial charge on any atom is 0.336 e. The summed E-state index contributed by atoms with van der Waals surface area (Å²) in [5.41, 5.74) is 5.55. The summed E-state index contributed by atoms with van der Waals surface area (Å²) >= 11 is 0. The Balaban J connectivity index is 1.33. The van der Waals surface area contributed by atoms with Crippen molar-refractivity contribution >= 4 is 23.5 Å². The molecule has 2 aliphatic heterocycles. The molecule has 2 aliphatic rings. The number of anilines is 1. The number of rotatable bonds is 8. The van der Waals surface area contributed by atoms with Crippen LogP contribution in [-0.4, -0.2) is 67.5 Å². The summed E-state index contributed by atoms with van der Waals surface area (Å²) in [6, 6.07) is 23.3. The number of hydrogen-bond donors (Lipinski definition) is 0. The molecule has 8 heteroatoms. The van der Waals surface area contributed by atoms with Gasteiger partial charge >= 0.3 is 5.97 Å². The van der Waals surface area contributed by atoms with Crippen LogP contribution in [0.25, 0.3) is 0 Å². The molecule has 3 aromatic rings. The van der Waals surface area contributed by atoms with Gasteiger partial charge in [0.05, 0.1) is 31.5 Å². The molecule has 0 aromatic heterocycles. The molecular weight excluding hydrogens is 542 g/mol. The third-order valence-electron chi connectivity index (χ3n) is 8.31. The Morgan fingerprint density at radius 2 is 1.63 bits per heavy atom. The first kappa shape index (κ1) is 29.9.